The van der Waals surface area contributed by atoms with Crippen LogP contribution in [0.2, 0.25) is 0 Å². The van der Waals surface area contributed by atoms with Gasteiger partial charge in [-0.05, 0) is 116 Å². The Hall–Kier alpha value is -8.14. The molecule has 12 aromatic rings. The Balaban J connectivity index is 0.998. The van der Waals surface area contributed by atoms with Crippen LogP contribution in [-0.4, -0.2) is 4.57 Å². The minimum atomic E-state index is 0.866. The van der Waals surface area contributed by atoms with Crippen molar-refractivity contribution in [2.75, 3.05) is 4.90 Å². The van der Waals surface area contributed by atoms with Crippen molar-refractivity contribution in [2.24, 2.45) is 0 Å². The van der Waals surface area contributed by atoms with E-state index in [2.05, 4.69) is 222 Å². The number of hydrogen-bond donors (Lipinski definition) is 0. The molecule has 0 atom stereocenters. The van der Waals surface area contributed by atoms with Gasteiger partial charge in [-0.25, -0.2) is 0 Å². The molecule has 0 unspecified atom stereocenters. The third kappa shape index (κ3) is 5.11. The summed E-state index contributed by atoms with van der Waals surface area (Å²) >= 11 is 0. The van der Waals surface area contributed by atoms with Crippen molar-refractivity contribution >= 4 is 71.6 Å². The first-order chi connectivity index (χ1) is 30.3. The molecule has 10 aromatic carbocycles. The summed E-state index contributed by atoms with van der Waals surface area (Å²) in [7, 11) is 0. The van der Waals surface area contributed by atoms with Gasteiger partial charge in [0.25, 0.3) is 0 Å². The second-order valence-electron chi connectivity index (χ2n) is 16.0. The second-order valence-corrected chi connectivity index (χ2v) is 16.0. The molecular weight excluding hydrogens is 741 g/mol. The average Bonchev–Trinajstić information content (AvgIpc) is 3.99. The topological polar surface area (TPSA) is 21.3 Å². The van der Waals surface area contributed by atoms with Crippen molar-refractivity contribution in [3.63, 3.8) is 0 Å². The van der Waals surface area contributed by atoms with Crippen molar-refractivity contribution in [3.05, 3.63) is 218 Å². The lowest BCUT2D eigenvalue weighted by atomic mass is 9.93. The van der Waals surface area contributed by atoms with Gasteiger partial charge >= 0.3 is 0 Å². The number of benzene rings is 10. The molecular formula is C58H36N2O. The van der Waals surface area contributed by atoms with Gasteiger partial charge in [0.1, 0.15) is 5.58 Å². The Morgan fingerprint density at radius 2 is 0.984 bits per heavy atom. The van der Waals surface area contributed by atoms with Gasteiger partial charge in [0.2, 0.25) is 0 Å². The molecule has 284 valence electrons. The lowest BCUT2D eigenvalue weighted by Crippen LogP contribution is -2.10. The molecule has 0 amide bonds. The average molecular weight is 777 g/mol. The van der Waals surface area contributed by atoms with E-state index in [9.17, 15) is 0 Å². The molecule has 3 nitrogen and oxygen atoms in total. The Morgan fingerprint density at radius 3 is 1.77 bits per heavy atom. The monoisotopic (exact) mass is 776 g/mol. The van der Waals surface area contributed by atoms with Crippen molar-refractivity contribution < 1.29 is 4.42 Å². The van der Waals surface area contributed by atoms with E-state index in [1.54, 1.807) is 0 Å². The van der Waals surface area contributed by atoms with Gasteiger partial charge in [0.05, 0.1) is 16.7 Å². The molecule has 0 saturated carbocycles. The van der Waals surface area contributed by atoms with Crippen LogP contribution in [0.5, 0.6) is 0 Å². The fourth-order valence-corrected chi connectivity index (χ4v) is 10.0. The van der Waals surface area contributed by atoms with Crippen LogP contribution in [0, 0.1) is 0 Å². The fraction of sp³-hybridized carbons (Fsp3) is 0. The van der Waals surface area contributed by atoms with Crippen LogP contribution in [0.3, 0.4) is 0 Å². The number of nitrogens with zero attached hydrogens (tertiary/aromatic N) is 2. The first kappa shape index (κ1) is 33.8. The molecule has 13 rings (SSSR count). The highest BCUT2D eigenvalue weighted by atomic mass is 16.3. The molecule has 0 bridgehead atoms. The number of para-hydroxylation sites is 4. The van der Waals surface area contributed by atoms with Crippen molar-refractivity contribution in [3.8, 4) is 50.2 Å². The molecule has 2 aromatic heterocycles. The predicted octanol–water partition coefficient (Wildman–Crippen LogP) is 16.3. The smallest absolute Gasteiger partial charge is 0.159 e. The summed E-state index contributed by atoms with van der Waals surface area (Å²) in [6.45, 7) is 0. The maximum atomic E-state index is 6.73. The van der Waals surface area contributed by atoms with Crippen molar-refractivity contribution in [1.29, 1.82) is 0 Å². The lowest BCUT2D eigenvalue weighted by Gasteiger charge is -2.27. The predicted molar refractivity (Wildman–Crippen MR) is 256 cm³/mol. The number of rotatable bonds is 6. The van der Waals surface area contributed by atoms with Crippen molar-refractivity contribution in [2.45, 2.75) is 0 Å². The van der Waals surface area contributed by atoms with Crippen LogP contribution in [0.15, 0.2) is 223 Å². The van der Waals surface area contributed by atoms with Gasteiger partial charge in [-0.1, -0.05) is 158 Å². The molecule has 0 saturated heterocycles. The molecule has 3 heteroatoms. The highest BCUT2D eigenvalue weighted by molar-refractivity contribution is 6.17. The van der Waals surface area contributed by atoms with Crippen LogP contribution in [0.1, 0.15) is 0 Å². The normalized spacial score (nSPS) is 11.9. The van der Waals surface area contributed by atoms with Gasteiger partial charge < -0.3 is 13.9 Å². The summed E-state index contributed by atoms with van der Waals surface area (Å²) in [4.78, 5) is 2.38. The maximum Gasteiger partial charge on any atom is 0.159 e. The number of fused-ring (bicyclic) bond motifs is 9. The number of hydrogen-bond acceptors (Lipinski definition) is 2. The number of furan rings is 1. The highest BCUT2D eigenvalue weighted by Gasteiger charge is 2.26. The van der Waals surface area contributed by atoms with Crippen LogP contribution < -0.4 is 4.90 Å². The van der Waals surface area contributed by atoms with E-state index in [1.165, 1.54) is 71.5 Å². The minimum absolute atomic E-state index is 0.866. The zero-order chi connectivity index (χ0) is 40.0. The molecule has 0 N–H and O–H groups in total. The van der Waals surface area contributed by atoms with E-state index in [1.807, 2.05) is 6.07 Å². The quantitative estimate of drug-likeness (QED) is 0.168. The Kier molecular flexibility index (Phi) is 7.31. The van der Waals surface area contributed by atoms with E-state index in [-0.39, 0.29) is 0 Å². The molecule has 2 heterocycles. The molecule has 0 radical (unpaired) electrons. The maximum absolute atomic E-state index is 6.73. The standard InChI is InChI=1S/C58H36N2O/c1-2-14-37(15-3-1)51-35-41(60-53-24-9-6-19-46(53)47-20-7-10-25-54(47)60)32-33-43(51)38-28-30-40(31-29-38)59(55-26-13-23-50-48-21-8-11-27-56(48)61-58(50)55)42-34-39-16-12-22-49-44-17-4-5-18-45(44)52(36-42)57(39)49/h1-36H. The first-order valence-electron chi connectivity index (χ1n) is 20.9. The summed E-state index contributed by atoms with van der Waals surface area (Å²) in [6.07, 6.45) is 0. The lowest BCUT2D eigenvalue weighted by molar-refractivity contribution is 0.669. The summed E-state index contributed by atoms with van der Waals surface area (Å²) in [5.41, 5.74) is 18.2. The summed E-state index contributed by atoms with van der Waals surface area (Å²) in [5.74, 6) is 0. The SMILES string of the molecule is c1ccc(-c2cc(-n3c4ccccc4c4ccccc43)ccc2-c2ccc(N(c3cc4c5c(cccc5c3)-c3ccccc3-4)c3cccc4c3oc3ccccc34)cc2)cc1. The fourth-order valence-electron chi connectivity index (χ4n) is 10.0. The third-order valence-electron chi connectivity index (χ3n) is 12.7. The number of aromatic nitrogens is 1. The summed E-state index contributed by atoms with van der Waals surface area (Å²) < 4.78 is 9.13. The van der Waals surface area contributed by atoms with Gasteiger partial charge in [-0.2, -0.15) is 0 Å². The van der Waals surface area contributed by atoms with Crippen LogP contribution in [-0.2, 0) is 0 Å². The van der Waals surface area contributed by atoms with Crippen LogP contribution >= 0.6 is 0 Å². The Bertz CT molecular complexity index is 3650. The van der Waals surface area contributed by atoms with Gasteiger partial charge in [-0.15, -0.1) is 0 Å². The second kappa shape index (κ2) is 13.2. The first-order valence-corrected chi connectivity index (χ1v) is 20.9. The molecule has 1 aliphatic rings. The molecule has 1 aliphatic carbocycles. The zero-order valence-electron chi connectivity index (χ0n) is 33.1. The van der Waals surface area contributed by atoms with E-state index in [0.29, 0.717) is 0 Å². The summed E-state index contributed by atoms with van der Waals surface area (Å²) in [5, 5.41) is 7.25. The van der Waals surface area contributed by atoms with Gasteiger partial charge in [-0.3, -0.25) is 0 Å². The minimum Gasteiger partial charge on any atom is -0.454 e. The van der Waals surface area contributed by atoms with Crippen LogP contribution in [0.25, 0.3) is 105 Å². The molecule has 0 fully saturated rings. The molecule has 0 spiro atoms. The van der Waals surface area contributed by atoms with E-state index >= 15 is 0 Å². The van der Waals surface area contributed by atoms with Crippen LogP contribution in [0.4, 0.5) is 17.1 Å². The summed E-state index contributed by atoms with van der Waals surface area (Å²) in [6, 6.07) is 79.2. The molecule has 61 heavy (non-hydrogen) atoms. The van der Waals surface area contributed by atoms with Crippen molar-refractivity contribution in [1.82, 2.24) is 4.57 Å². The number of anilines is 3. The largest absolute Gasteiger partial charge is 0.454 e. The molecule has 0 aliphatic heterocycles. The Labute approximate surface area is 352 Å². The van der Waals surface area contributed by atoms with Gasteiger partial charge in [0, 0.05) is 38.6 Å². The third-order valence-corrected chi connectivity index (χ3v) is 12.7. The zero-order valence-corrected chi connectivity index (χ0v) is 33.1. The highest BCUT2D eigenvalue weighted by Crippen LogP contribution is 2.51. The van der Waals surface area contributed by atoms with E-state index < -0.39 is 0 Å². The van der Waals surface area contributed by atoms with E-state index in [0.717, 1.165) is 50.3 Å². The Morgan fingerprint density at radius 1 is 0.361 bits per heavy atom. The van der Waals surface area contributed by atoms with Gasteiger partial charge in [0.15, 0.2) is 5.58 Å². The van der Waals surface area contributed by atoms with E-state index in [4.69, 9.17) is 4.42 Å².